The molecule has 2 aromatic carbocycles. The highest BCUT2D eigenvalue weighted by Gasteiger charge is 2.37. The summed E-state index contributed by atoms with van der Waals surface area (Å²) in [5.74, 6) is -4.74. The molecule has 19 heavy (non-hydrogen) atoms. The predicted octanol–water partition coefficient (Wildman–Crippen LogP) is 1.92. The zero-order chi connectivity index (χ0) is 14.2. The van der Waals surface area contributed by atoms with E-state index >= 15 is 0 Å². The van der Waals surface area contributed by atoms with Gasteiger partial charge < -0.3 is 4.80 Å². The van der Waals surface area contributed by atoms with E-state index in [1.54, 1.807) is 0 Å². The van der Waals surface area contributed by atoms with Crippen LogP contribution >= 0.6 is 0 Å². The minimum absolute atomic E-state index is 0.322. The molecule has 0 aliphatic rings. The van der Waals surface area contributed by atoms with E-state index in [9.17, 15) is 22.4 Å². The summed E-state index contributed by atoms with van der Waals surface area (Å²) in [6.07, 6.45) is 0. The van der Waals surface area contributed by atoms with Crippen LogP contribution in [0.5, 0.6) is 0 Å². The second-order valence-corrected chi connectivity index (χ2v) is 7.50. The van der Waals surface area contributed by atoms with Crippen LogP contribution in [0, 0.1) is 23.3 Å². The molecular weight excluding hydrogens is 276 g/mol. The van der Waals surface area contributed by atoms with E-state index in [1.807, 2.05) is 0 Å². The Morgan fingerprint density at radius 2 is 1.16 bits per heavy atom. The highest BCUT2D eigenvalue weighted by Crippen LogP contribution is 2.11. The second kappa shape index (κ2) is 4.79. The molecule has 1 nitrogen and oxygen atoms in total. The molecule has 6 heteroatoms. The molecule has 2 rings (SSSR count). The maximum Gasteiger partial charge on any atom is 0.255 e. The molecule has 0 saturated carbocycles. The van der Waals surface area contributed by atoms with Gasteiger partial charge in [-0.1, -0.05) is 24.3 Å². The molecule has 0 fully saturated rings. The Morgan fingerprint density at radius 1 is 0.789 bits per heavy atom. The van der Waals surface area contributed by atoms with E-state index in [4.69, 9.17) is 0 Å². The summed E-state index contributed by atoms with van der Waals surface area (Å²) >= 11 is 0. The lowest BCUT2D eigenvalue weighted by Crippen LogP contribution is -2.58. The van der Waals surface area contributed by atoms with Gasteiger partial charge in [0.25, 0.3) is 8.32 Å². The van der Waals surface area contributed by atoms with Crippen molar-refractivity contribution in [1.29, 1.82) is 0 Å². The zero-order valence-electron chi connectivity index (χ0n) is 9.92. The summed E-state index contributed by atoms with van der Waals surface area (Å²) in [6, 6.07) is 6.57. The van der Waals surface area contributed by atoms with Crippen molar-refractivity contribution in [2.45, 2.75) is 6.55 Å². The zero-order valence-corrected chi connectivity index (χ0v) is 10.9. The average molecular weight is 286 g/mol. The van der Waals surface area contributed by atoms with Gasteiger partial charge >= 0.3 is 0 Å². The fourth-order valence-corrected chi connectivity index (χ4v) is 4.13. The van der Waals surface area contributed by atoms with Crippen LogP contribution in [0.25, 0.3) is 0 Å². The summed E-state index contributed by atoms with van der Waals surface area (Å²) < 4.78 is 53.7. The van der Waals surface area contributed by atoms with E-state index in [0.717, 1.165) is 12.1 Å². The first kappa shape index (κ1) is 13.8. The molecule has 0 saturated heterocycles. The Labute approximate surface area is 108 Å². The largest absolute Gasteiger partial charge is 0.424 e. The maximum atomic E-state index is 13.7. The fourth-order valence-electron chi connectivity index (χ4n) is 1.90. The predicted molar refractivity (Wildman–Crippen MR) is 65.8 cm³/mol. The van der Waals surface area contributed by atoms with Gasteiger partial charge in [0.15, 0.2) is 23.3 Å². The van der Waals surface area contributed by atoms with Crippen molar-refractivity contribution in [3.05, 3.63) is 59.7 Å². The lowest BCUT2D eigenvalue weighted by atomic mass is 10.3. The minimum atomic E-state index is -3.84. The number of halogens is 4. The normalized spacial score (nSPS) is 11.7. The van der Waals surface area contributed by atoms with Crippen LogP contribution in [0.4, 0.5) is 17.6 Å². The van der Waals surface area contributed by atoms with Crippen LogP contribution in [0.2, 0.25) is 6.55 Å². The van der Waals surface area contributed by atoms with Crippen molar-refractivity contribution in [1.82, 2.24) is 0 Å². The average Bonchev–Trinajstić information content (AvgIpc) is 2.35. The molecule has 0 atom stereocenters. The third kappa shape index (κ3) is 2.28. The molecule has 0 aliphatic carbocycles. The van der Waals surface area contributed by atoms with Crippen LogP contribution in [-0.4, -0.2) is 13.1 Å². The highest BCUT2D eigenvalue weighted by atomic mass is 28.4. The standard InChI is InChI=1S/C13H10F4OSi/c1-19(18,10-6-2-4-8(14)12(10)16)11-7-3-5-9(15)13(11)17/h2-7,18H,1H3. The van der Waals surface area contributed by atoms with Gasteiger partial charge in [0, 0.05) is 10.4 Å². The van der Waals surface area contributed by atoms with Crippen molar-refractivity contribution >= 4 is 18.7 Å². The summed E-state index contributed by atoms with van der Waals surface area (Å²) in [5.41, 5.74) is 0. The van der Waals surface area contributed by atoms with Gasteiger partial charge in [-0.05, 0) is 18.7 Å². The molecule has 0 bridgehead atoms. The SMILES string of the molecule is C[Si](O)(c1cccc(F)c1F)c1cccc(F)c1F. The minimum Gasteiger partial charge on any atom is -0.424 e. The number of benzene rings is 2. The summed E-state index contributed by atoms with van der Waals surface area (Å²) in [5, 5.41) is -0.644. The third-order valence-electron chi connectivity index (χ3n) is 2.95. The summed E-state index contributed by atoms with van der Waals surface area (Å²) in [6.45, 7) is 1.21. The van der Waals surface area contributed by atoms with Crippen LogP contribution in [0.15, 0.2) is 36.4 Å². The Bertz CT molecular complexity index is 575. The van der Waals surface area contributed by atoms with Crippen LogP contribution in [0.1, 0.15) is 0 Å². The topological polar surface area (TPSA) is 20.2 Å². The first-order valence-electron chi connectivity index (χ1n) is 5.47. The molecule has 0 radical (unpaired) electrons. The van der Waals surface area contributed by atoms with Crippen LogP contribution in [0.3, 0.4) is 0 Å². The van der Waals surface area contributed by atoms with Gasteiger partial charge in [0.05, 0.1) is 0 Å². The monoisotopic (exact) mass is 286 g/mol. The van der Waals surface area contributed by atoms with Crippen LogP contribution < -0.4 is 10.4 Å². The van der Waals surface area contributed by atoms with Crippen molar-refractivity contribution in [3.8, 4) is 0 Å². The second-order valence-electron chi connectivity index (χ2n) is 4.27. The Morgan fingerprint density at radius 3 is 1.53 bits per heavy atom. The molecule has 2 aromatic rings. The van der Waals surface area contributed by atoms with Crippen LogP contribution in [-0.2, 0) is 0 Å². The molecule has 0 heterocycles. The van der Waals surface area contributed by atoms with Gasteiger partial charge in [-0.15, -0.1) is 0 Å². The smallest absolute Gasteiger partial charge is 0.255 e. The van der Waals surface area contributed by atoms with Gasteiger partial charge in [0.2, 0.25) is 0 Å². The van der Waals surface area contributed by atoms with E-state index in [2.05, 4.69) is 0 Å². The van der Waals surface area contributed by atoms with Gasteiger partial charge in [-0.3, -0.25) is 0 Å². The van der Waals surface area contributed by atoms with E-state index in [0.29, 0.717) is 0 Å². The van der Waals surface area contributed by atoms with E-state index in [-0.39, 0.29) is 10.4 Å². The molecule has 0 aliphatic heterocycles. The summed E-state index contributed by atoms with van der Waals surface area (Å²) in [4.78, 5) is 10.4. The summed E-state index contributed by atoms with van der Waals surface area (Å²) in [7, 11) is -3.84. The lowest BCUT2D eigenvalue weighted by molar-refractivity contribution is 0.500. The lowest BCUT2D eigenvalue weighted by Gasteiger charge is -2.22. The van der Waals surface area contributed by atoms with Crippen molar-refractivity contribution in [3.63, 3.8) is 0 Å². The number of hydrogen-bond donors (Lipinski definition) is 1. The molecule has 1 N–H and O–H groups in total. The fraction of sp³-hybridized carbons (Fsp3) is 0.0769. The molecular formula is C13H10F4OSi. The van der Waals surface area contributed by atoms with E-state index < -0.39 is 31.6 Å². The Balaban J connectivity index is 2.65. The molecule has 0 aromatic heterocycles. The Kier molecular flexibility index (Phi) is 3.47. The molecule has 100 valence electrons. The highest BCUT2D eigenvalue weighted by molar-refractivity contribution is 6.95. The number of hydrogen-bond acceptors (Lipinski definition) is 1. The van der Waals surface area contributed by atoms with Gasteiger partial charge in [-0.25, -0.2) is 17.6 Å². The van der Waals surface area contributed by atoms with Crippen molar-refractivity contribution in [2.24, 2.45) is 0 Å². The van der Waals surface area contributed by atoms with Crippen molar-refractivity contribution < 1.29 is 22.4 Å². The van der Waals surface area contributed by atoms with Gasteiger partial charge in [-0.2, -0.15) is 0 Å². The van der Waals surface area contributed by atoms with Gasteiger partial charge in [0.1, 0.15) is 0 Å². The van der Waals surface area contributed by atoms with E-state index in [1.165, 1.54) is 30.8 Å². The maximum absolute atomic E-state index is 13.7. The van der Waals surface area contributed by atoms with Crippen molar-refractivity contribution in [2.75, 3.05) is 0 Å². The molecule has 0 amide bonds. The third-order valence-corrected chi connectivity index (χ3v) is 5.82. The quantitative estimate of drug-likeness (QED) is 0.660. The Hall–Kier alpha value is -1.66. The molecule has 0 unspecified atom stereocenters. The number of rotatable bonds is 2. The first-order valence-corrected chi connectivity index (χ1v) is 7.91. The molecule has 0 spiro atoms. The first-order chi connectivity index (χ1) is 8.85.